The normalized spacial score (nSPS) is 16.6. The summed E-state index contributed by atoms with van der Waals surface area (Å²) < 4.78 is 32.7. The van der Waals surface area contributed by atoms with Gasteiger partial charge in [-0.3, -0.25) is 4.79 Å². The number of allylic oxidation sites excluding steroid dienone is 2. The van der Waals surface area contributed by atoms with E-state index in [1.807, 2.05) is 0 Å². The molecule has 2 heterocycles. The number of piperidine rings is 1. The second-order valence-electron chi connectivity index (χ2n) is 6.46. The number of fused-ring (bicyclic) bond motifs is 1. The first-order valence-electron chi connectivity index (χ1n) is 8.76. The minimum atomic E-state index is -3.56. The average molecular weight is 421 g/mol. The zero-order chi connectivity index (χ0) is 20.3. The Bertz CT molecular complexity index is 1070. The summed E-state index contributed by atoms with van der Waals surface area (Å²) in [5, 5.41) is 9.20. The number of nitrogens with two attached hydrogens (primary N) is 1. The van der Waals surface area contributed by atoms with Crippen molar-refractivity contribution in [2.75, 3.05) is 18.8 Å². The van der Waals surface area contributed by atoms with Gasteiger partial charge in [-0.05, 0) is 38.0 Å². The summed E-state index contributed by atoms with van der Waals surface area (Å²) in [5.74, 6) is -0.466. The number of benzene rings is 1. The van der Waals surface area contributed by atoms with Gasteiger partial charge in [-0.15, -0.1) is 0 Å². The van der Waals surface area contributed by atoms with Gasteiger partial charge in [0.2, 0.25) is 10.0 Å². The first-order chi connectivity index (χ1) is 13.3. The van der Waals surface area contributed by atoms with Gasteiger partial charge in [0, 0.05) is 18.8 Å². The summed E-state index contributed by atoms with van der Waals surface area (Å²) in [4.78, 5) is 16.5. The van der Waals surface area contributed by atoms with Gasteiger partial charge in [-0.2, -0.15) is 9.57 Å². The van der Waals surface area contributed by atoms with Crippen molar-refractivity contribution in [1.29, 1.82) is 5.26 Å². The Kier molecular flexibility index (Phi) is 6.07. The Morgan fingerprint density at radius 1 is 1.36 bits per heavy atom. The number of ketones is 1. The molecule has 0 spiro atoms. The second kappa shape index (κ2) is 8.34. The van der Waals surface area contributed by atoms with E-state index in [4.69, 9.17) is 15.4 Å². The van der Waals surface area contributed by atoms with Crippen molar-refractivity contribution < 1.29 is 17.6 Å². The fraction of sp³-hybridized carbons (Fsp3) is 0.389. The van der Waals surface area contributed by atoms with E-state index >= 15 is 0 Å². The van der Waals surface area contributed by atoms with Crippen LogP contribution in [0.15, 0.2) is 44.0 Å². The van der Waals surface area contributed by atoms with Crippen LogP contribution in [0.25, 0.3) is 11.1 Å². The number of sulfonamides is 1. The van der Waals surface area contributed by atoms with Gasteiger partial charge in [0.1, 0.15) is 17.2 Å². The number of aromatic nitrogens is 1. The molecule has 1 aliphatic heterocycles. The number of carbonyl (C=O) groups excluding carboxylic acids is 1. The van der Waals surface area contributed by atoms with Gasteiger partial charge < -0.3 is 10.2 Å². The molecule has 0 bridgehead atoms. The third-order valence-electron chi connectivity index (χ3n) is 4.40. The van der Waals surface area contributed by atoms with Crippen LogP contribution in [0.3, 0.4) is 0 Å². The number of nitriles is 1. The molecule has 0 aliphatic carbocycles. The fourth-order valence-electron chi connectivity index (χ4n) is 2.93. The lowest BCUT2D eigenvalue weighted by molar-refractivity contribution is -0.112. The summed E-state index contributed by atoms with van der Waals surface area (Å²) in [7, 11) is -3.56. The Morgan fingerprint density at radius 2 is 2.07 bits per heavy atom. The van der Waals surface area contributed by atoms with Gasteiger partial charge in [0.15, 0.2) is 11.4 Å². The molecule has 1 aromatic carbocycles. The molecule has 3 rings (SSSR count). The molecular formula is C18H20N4O4S2. The van der Waals surface area contributed by atoms with Crippen molar-refractivity contribution in [1.82, 2.24) is 9.29 Å². The monoisotopic (exact) mass is 420 g/mol. The summed E-state index contributed by atoms with van der Waals surface area (Å²) in [6.45, 7) is 2.54. The van der Waals surface area contributed by atoms with Crippen LogP contribution in [0.1, 0.15) is 26.2 Å². The van der Waals surface area contributed by atoms with Crippen LogP contribution in [-0.2, 0) is 14.8 Å². The SMILES string of the molecule is C/C(N)=C(/C#N)C(=O)CSc1nc2cc(S(=O)(=O)N3CCCCC3)ccc2o1. The van der Waals surface area contributed by atoms with E-state index in [0.29, 0.717) is 24.2 Å². The van der Waals surface area contributed by atoms with E-state index in [0.717, 1.165) is 31.0 Å². The third-order valence-corrected chi connectivity index (χ3v) is 7.13. The van der Waals surface area contributed by atoms with Gasteiger partial charge >= 0.3 is 0 Å². The number of carbonyl (C=O) groups is 1. The average Bonchev–Trinajstić information content (AvgIpc) is 3.09. The molecular weight excluding hydrogens is 400 g/mol. The summed E-state index contributed by atoms with van der Waals surface area (Å²) >= 11 is 1.03. The number of oxazole rings is 1. The Balaban J connectivity index is 1.79. The maximum absolute atomic E-state index is 12.8. The third kappa shape index (κ3) is 4.22. The van der Waals surface area contributed by atoms with Gasteiger partial charge in [-0.25, -0.2) is 13.4 Å². The number of Topliss-reactive ketones (excluding diaryl/α,β-unsaturated/α-hetero) is 1. The molecule has 28 heavy (non-hydrogen) atoms. The molecule has 1 aromatic heterocycles. The van der Waals surface area contributed by atoms with E-state index in [2.05, 4.69) is 4.98 Å². The molecule has 2 aromatic rings. The van der Waals surface area contributed by atoms with Crippen molar-refractivity contribution >= 4 is 38.7 Å². The van der Waals surface area contributed by atoms with E-state index < -0.39 is 15.8 Å². The van der Waals surface area contributed by atoms with Crippen LogP contribution in [0.5, 0.6) is 0 Å². The molecule has 1 aliphatic rings. The lowest BCUT2D eigenvalue weighted by Crippen LogP contribution is -2.35. The van der Waals surface area contributed by atoms with E-state index in [1.54, 1.807) is 12.1 Å². The Labute approximate surface area is 167 Å². The molecule has 2 N–H and O–H groups in total. The molecule has 0 unspecified atom stereocenters. The molecule has 0 saturated carbocycles. The van der Waals surface area contributed by atoms with Crippen LogP contribution < -0.4 is 5.73 Å². The molecule has 1 saturated heterocycles. The smallest absolute Gasteiger partial charge is 0.257 e. The zero-order valence-corrected chi connectivity index (χ0v) is 17.0. The predicted octanol–water partition coefficient (Wildman–Crippen LogP) is 2.42. The second-order valence-corrected chi connectivity index (χ2v) is 9.32. The molecule has 8 nitrogen and oxygen atoms in total. The van der Waals surface area contributed by atoms with Gasteiger partial charge in [0.05, 0.1) is 10.6 Å². The first-order valence-corrected chi connectivity index (χ1v) is 11.2. The molecule has 148 valence electrons. The van der Waals surface area contributed by atoms with E-state index in [1.165, 1.54) is 23.4 Å². The summed E-state index contributed by atoms with van der Waals surface area (Å²) in [5.41, 5.74) is 6.44. The lowest BCUT2D eigenvalue weighted by atomic mass is 10.2. The van der Waals surface area contributed by atoms with Crippen molar-refractivity contribution in [2.45, 2.75) is 36.3 Å². The maximum Gasteiger partial charge on any atom is 0.257 e. The van der Waals surface area contributed by atoms with E-state index in [9.17, 15) is 13.2 Å². The highest BCUT2D eigenvalue weighted by Gasteiger charge is 2.26. The minimum absolute atomic E-state index is 0.0524. The standard InChI is InChI=1S/C18H20N4O4S2/c1-12(20)14(10-19)16(23)11-27-18-21-15-9-13(5-6-17(15)26-18)28(24,25)22-7-3-2-4-8-22/h5-6,9H,2-4,7-8,11,20H2,1H3/b14-12+. The van der Waals surface area contributed by atoms with Crippen LogP contribution in [0, 0.1) is 11.3 Å². The highest BCUT2D eigenvalue weighted by Crippen LogP contribution is 2.28. The first kappa shape index (κ1) is 20.4. The van der Waals surface area contributed by atoms with Crippen molar-refractivity contribution in [3.05, 3.63) is 29.5 Å². The number of nitrogens with zero attached hydrogens (tertiary/aromatic N) is 3. The van der Waals surface area contributed by atoms with Crippen molar-refractivity contribution in [2.24, 2.45) is 5.73 Å². The highest BCUT2D eigenvalue weighted by molar-refractivity contribution is 7.99. The predicted molar refractivity (Wildman–Crippen MR) is 105 cm³/mol. The van der Waals surface area contributed by atoms with Crippen molar-refractivity contribution in [3.63, 3.8) is 0 Å². The van der Waals surface area contributed by atoms with Gasteiger partial charge in [0.25, 0.3) is 5.22 Å². The van der Waals surface area contributed by atoms with Crippen molar-refractivity contribution in [3.8, 4) is 6.07 Å². The van der Waals surface area contributed by atoms with E-state index in [-0.39, 0.29) is 27.1 Å². The Morgan fingerprint density at radius 3 is 2.71 bits per heavy atom. The molecule has 1 fully saturated rings. The zero-order valence-electron chi connectivity index (χ0n) is 15.3. The molecule has 0 amide bonds. The molecule has 0 atom stereocenters. The minimum Gasteiger partial charge on any atom is -0.431 e. The number of hydrogen-bond acceptors (Lipinski definition) is 8. The van der Waals surface area contributed by atoms with Gasteiger partial charge in [-0.1, -0.05) is 18.2 Å². The maximum atomic E-state index is 12.8. The van der Waals surface area contributed by atoms with Crippen LogP contribution in [0.2, 0.25) is 0 Å². The molecule has 10 heteroatoms. The Hall–Kier alpha value is -2.35. The summed E-state index contributed by atoms with van der Waals surface area (Å²) in [6, 6.07) is 6.34. The lowest BCUT2D eigenvalue weighted by Gasteiger charge is -2.25. The number of hydrogen-bond donors (Lipinski definition) is 1. The number of thioether (sulfide) groups is 1. The molecule has 0 radical (unpaired) electrons. The van der Waals surface area contributed by atoms with Crippen LogP contribution in [0.4, 0.5) is 0 Å². The number of rotatable bonds is 6. The highest BCUT2D eigenvalue weighted by atomic mass is 32.2. The van der Waals surface area contributed by atoms with Crippen LogP contribution in [-0.4, -0.2) is 42.3 Å². The topological polar surface area (TPSA) is 130 Å². The van der Waals surface area contributed by atoms with Crippen LogP contribution >= 0.6 is 11.8 Å². The fourth-order valence-corrected chi connectivity index (χ4v) is 5.18. The summed E-state index contributed by atoms with van der Waals surface area (Å²) in [6.07, 6.45) is 2.77. The largest absolute Gasteiger partial charge is 0.431 e. The quantitative estimate of drug-likeness (QED) is 0.428.